The van der Waals surface area contributed by atoms with Crippen LogP contribution in [-0.2, 0) is 20.7 Å². The molecule has 5 nitrogen and oxygen atoms in total. The van der Waals surface area contributed by atoms with Crippen LogP contribution in [0.3, 0.4) is 0 Å². The van der Waals surface area contributed by atoms with Crippen molar-refractivity contribution < 1.29 is 14.3 Å². The third-order valence-electron chi connectivity index (χ3n) is 5.10. The Morgan fingerprint density at radius 2 is 2.04 bits per heavy atom. The second-order valence-electron chi connectivity index (χ2n) is 7.16. The molecule has 3 rings (SSSR count). The Morgan fingerprint density at radius 3 is 2.72 bits per heavy atom. The predicted molar refractivity (Wildman–Crippen MR) is 96.2 cm³/mol. The van der Waals surface area contributed by atoms with Crippen LogP contribution in [0.5, 0.6) is 0 Å². The van der Waals surface area contributed by atoms with Crippen molar-refractivity contribution in [3.63, 3.8) is 0 Å². The van der Waals surface area contributed by atoms with Gasteiger partial charge in [-0.15, -0.1) is 0 Å². The van der Waals surface area contributed by atoms with Gasteiger partial charge < -0.3 is 15.0 Å². The lowest BCUT2D eigenvalue weighted by Gasteiger charge is -2.33. The van der Waals surface area contributed by atoms with E-state index in [-0.39, 0.29) is 24.0 Å². The van der Waals surface area contributed by atoms with Gasteiger partial charge in [-0.05, 0) is 44.6 Å². The van der Waals surface area contributed by atoms with Gasteiger partial charge in [0.05, 0.1) is 0 Å². The van der Waals surface area contributed by atoms with Gasteiger partial charge in [0.1, 0.15) is 6.10 Å². The maximum atomic E-state index is 12.3. The fraction of sp³-hybridized carbons (Fsp3) is 0.600. The Morgan fingerprint density at radius 1 is 1.24 bits per heavy atom. The van der Waals surface area contributed by atoms with Crippen molar-refractivity contribution in [2.24, 2.45) is 0 Å². The van der Waals surface area contributed by atoms with Crippen LogP contribution in [-0.4, -0.2) is 48.6 Å². The number of nitrogens with one attached hydrogen (secondary N) is 1. The van der Waals surface area contributed by atoms with Crippen LogP contribution in [0, 0.1) is 6.92 Å². The van der Waals surface area contributed by atoms with Crippen LogP contribution in [0.4, 0.5) is 0 Å². The zero-order valence-electron chi connectivity index (χ0n) is 15.0. The first kappa shape index (κ1) is 17.9. The second kappa shape index (κ2) is 8.48. The van der Waals surface area contributed by atoms with Gasteiger partial charge in [0.2, 0.25) is 5.91 Å². The normalized spacial score (nSPS) is 21.3. The highest BCUT2D eigenvalue weighted by molar-refractivity contribution is 5.81. The van der Waals surface area contributed by atoms with Crippen molar-refractivity contribution in [2.75, 3.05) is 19.7 Å². The van der Waals surface area contributed by atoms with E-state index in [1.807, 2.05) is 11.0 Å². The van der Waals surface area contributed by atoms with Crippen LogP contribution in [0.15, 0.2) is 24.3 Å². The number of benzene rings is 1. The Balaban J connectivity index is 1.38. The van der Waals surface area contributed by atoms with Crippen LogP contribution in [0.2, 0.25) is 0 Å². The lowest BCUT2D eigenvalue weighted by atomic mass is 10.0. The van der Waals surface area contributed by atoms with Crippen LogP contribution >= 0.6 is 0 Å². The number of hydrogen-bond donors (Lipinski definition) is 1. The minimum Gasteiger partial charge on any atom is -0.368 e. The van der Waals surface area contributed by atoms with Gasteiger partial charge in [-0.1, -0.05) is 29.8 Å². The Bertz CT molecular complexity index is 603. The molecule has 0 radical (unpaired) electrons. The highest BCUT2D eigenvalue weighted by atomic mass is 16.5. The van der Waals surface area contributed by atoms with Gasteiger partial charge in [-0.25, -0.2) is 0 Å². The summed E-state index contributed by atoms with van der Waals surface area (Å²) in [4.78, 5) is 26.4. The molecule has 1 atom stereocenters. The van der Waals surface area contributed by atoms with Crippen LogP contribution < -0.4 is 5.32 Å². The zero-order valence-corrected chi connectivity index (χ0v) is 15.0. The first-order valence-corrected chi connectivity index (χ1v) is 9.37. The molecule has 2 aliphatic heterocycles. The monoisotopic (exact) mass is 344 g/mol. The fourth-order valence-electron chi connectivity index (χ4n) is 3.65. The van der Waals surface area contributed by atoms with Crippen LogP contribution in [0.1, 0.15) is 43.2 Å². The van der Waals surface area contributed by atoms with Gasteiger partial charge in [0, 0.05) is 32.2 Å². The van der Waals surface area contributed by atoms with Crippen molar-refractivity contribution >= 4 is 11.8 Å². The number of aryl methyl sites for hydroxylation is 2. The number of ether oxygens (including phenoxy) is 1. The summed E-state index contributed by atoms with van der Waals surface area (Å²) in [5, 5.41) is 3.12. The lowest BCUT2D eigenvalue weighted by Crippen LogP contribution is -2.49. The molecule has 2 fully saturated rings. The molecule has 1 unspecified atom stereocenters. The summed E-state index contributed by atoms with van der Waals surface area (Å²) in [6, 6.07) is 8.47. The second-order valence-corrected chi connectivity index (χ2v) is 7.16. The quantitative estimate of drug-likeness (QED) is 0.891. The average Bonchev–Trinajstić information content (AvgIpc) is 3.15. The molecule has 0 bridgehead atoms. The van der Waals surface area contributed by atoms with Crippen molar-refractivity contribution in [1.82, 2.24) is 10.2 Å². The molecule has 1 aromatic rings. The number of amides is 2. The Kier molecular flexibility index (Phi) is 6.08. The third-order valence-corrected chi connectivity index (χ3v) is 5.10. The van der Waals surface area contributed by atoms with E-state index in [0.717, 1.165) is 32.1 Å². The zero-order chi connectivity index (χ0) is 17.6. The van der Waals surface area contributed by atoms with E-state index in [1.54, 1.807) is 0 Å². The molecule has 2 heterocycles. The van der Waals surface area contributed by atoms with Gasteiger partial charge in [0.25, 0.3) is 5.91 Å². The average molecular weight is 344 g/mol. The van der Waals surface area contributed by atoms with E-state index < -0.39 is 0 Å². The molecule has 136 valence electrons. The molecule has 2 saturated heterocycles. The van der Waals surface area contributed by atoms with E-state index in [9.17, 15) is 9.59 Å². The van der Waals surface area contributed by atoms with Crippen molar-refractivity contribution in [1.29, 1.82) is 0 Å². The van der Waals surface area contributed by atoms with Crippen molar-refractivity contribution in [3.05, 3.63) is 35.4 Å². The smallest absolute Gasteiger partial charge is 0.251 e. The maximum Gasteiger partial charge on any atom is 0.251 e. The summed E-state index contributed by atoms with van der Waals surface area (Å²) in [5.41, 5.74) is 2.42. The molecule has 0 aliphatic carbocycles. The summed E-state index contributed by atoms with van der Waals surface area (Å²) in [7, 11) is 0. The minimum atomic E-state index is -0.236. The molecular weight excluding hydrogens is 316 g/mol. The van der Waals surface area contributed by atoms with Crippen LogP contribution in [0.25, 0.3) is 0 Å². The molecule has 1 N–H and O–H groups in total. The van der Waals surface area contributed by atoms with E-state index in [2.05, 4.69) is 30.4 Å². The first-order valence-electron chi connectivity index (χ1n) is 9.37. The van der Waals surface area contributed by atoms with Gasteiger partial charge in [-0.2, -0.15) is 0 Å². The maximum absolute atomic E-state index is 12.3. The highest BCUT2D eigenvalue weighted by Gasteiger charge is 2.31. The number of carbonyl (C=O) groups is 2. The molecule has 5 heteroatoms. The number of likely N-dealkylation sites (tertiary alicyclic amines) is 1. The Labute approximate surface area is 149 Å². The SMILES string of the molecule is Cc1cccc(CCC(=O)NC2CCN(C(=O)C3CCCO3)CC2)c1. The summed E-state index contributed by atoms with van der Waals surface area (Å²) >= 11 is 0. The fourth-order valence-corrected chi connectivity index (χ4v) is 3.65. The third kappa shape index (κ3) is 5.05. The molecule has 0 saturated carbocycles. The van der Waals surface area contributed by atoms with Crippen molar-refractivity contribution in [3.8, 4) is 0 Å². The summed E-state index contributed by atoms with van der Waals surface area (Å²) in [5.74, 6) is 0.229. The molecular formula is C20H28N2O3. The summed E-state index contributed by atoms with van der Waals surface area (Å²) in [6.07, 6.45) is 4.52. The molecule has 25 heavy (non-hydrogen) atoms. The standard InChI is InChI=1S/C20H28N2O3/c1-15-4-2-5-16(14-15)7-8-19(23)21-17-9-11-22(12-10-17)20(24)18-6-3-13-25-18/h2,4-5,14,17-18H,3,6-13H2,1H3,(H,21,23). The molecule has 0 aromatic heterocycles. The summed E-state index contributed by atoms with van der Waals surface area (Å²) < 4.78 is 5.48. The number of piperidine rings is 1. The minimum absolute atomic E-state index is 0.102. The van der Waals surface area contributed by atoms with Gasteiger partial charge >= 0.3 is 0 Å². The largest absolute Gasteiger partial charge is 0.368 e. The van der Waals surface area contributed by atoms with Gasteiger partial charge in [-0.3, -0.25) is 9.59 Å². The highest BCUT2D eigenvalue weighted by Crippen LogP contribution is 2.18. The number of rotatable bonds is 5. The molecule has 2 aliphatic rings. The van der Waals surface area contributed by atoms with E-state index in [1.165, 1.54) is 11.1 Å². The molecule has 2 amide bonds. The first-order chi connectivity index (χ1) is 12.1. The van der Waals surface area contributed by atoms with E-state index in [0.29, 0.717) is 26.1 Å². The number of carbonyl (C=O) groups excluding carboxylic acids is 2. The van der Waals surface area contributed by atoms with E-state index >= 15 is 0 Å². The van der Waals surface area contributed by atoms with E-state index in [4.69, 9.17) is 4.74 Å². The number of hydrogen-bond acceptors (Lipinski definition) is 3. The van der Waals surface area contributed by atoms with Crippen molar-refractivity contribution in [2.45, 2.75) is 57.6 Å². The summed E-state index contributed by atoms with van der Waals surface area (Å²) in [6.45, 7) is 4.18. The lowest BCUT2D eigenvalue weighted by molar-refractivity contribution is -0.142. The van der Waals surface area contributed by atoms with Gasteiger partial charge in [0.15, 0.2) is 0 Å². The molecule has 1 aromatic carbocycles. The number of nitrogens with zero attached hydrogens (tertiary/aromatic N) is 1. The predicted octanol–water partition coefficient (Wildman–Crippen LogP) is 2.21. The Hall–Kier alpha value is -1.88. The topological polar surface area (TPSA) is 58.6 Å². The molecule has 0 spiro atoms.